The summed E-state index contributed by atoms with van der Waals surface area (Å²) in [5, 5.41) is 31.2. The third-order valence-corrected chi connectivity index (χ3v) is 9.26. The van der Waals surface area contributed by atoms with Gasteiger partial charge in [0.1, 0.15) is 0 Å². The van der Waals surface area contributed by atoms with Crippen LogP contribution < -0.4 is 0 Å². The van der Waals surface area contributed by atoms with Gasteiger partial charge in [-0.25, -0.2) is 0 Å². The number of hydrogen-bond acceptors (Lipinski definition) is 3. The summed E-state index contributed by atoms with van der Waals surface area (Å²) in [6.45, 7) is 6.83. The van der Waals surface area contributed by atoms with E-state index in [9.17, 15) is 15.3 Å². The summed E-state index contributed by atoms with van der Waals surface area (Å²) < 4.78 is 0. The molecule has 4 rings (SSSR count). The lowest BCUT2D eigenvalue weighted by Gasteiger charge is -2.62. The van der Waals surface area contributed by atoms with Crippen molar-refractivity contribution in [3.05, 3.63) is 0 Å². The van der Waals surface area contributed by atoms with E-state index >= 15 is 0 Å². The number of aliphatic hydroxyl groups is 3. The van der Waals surface area contributed by atoms with E-state index in [1.165, 1.54) is 19.3 Å². The van der Waals surface area contributed by atoms with Crippen molar-refractivity contribution in [2.75, 3.05) is 0 Å². The van der Waals surface area contributed by atoms with E-state index < -0.39 is 11.4 Å². The van der Waals surface area contributed by atoms with Crippen molar-refractivity contribution < 1.29 is 15.3 Å². The van der Waals surface area contributed by atoms with Crippen molar-refractivity contribution in [3.63, 3.8) is 0 Å². The molecule has 0 amide bonds. The second kappa shape index (κ2) is 4.74. The Labute approximate surface area is 140 Å². The third kappa shape index (κ3) is 2.12. The average molecular weight is 322 g/mol. The molecule has 3 nitrogen and oxygen atoms in total. The summed E-state index contributed by atoms with van der Waals surface area (Å²) in [5.41, 5.74) is -0.143. The van der Waals surface area contributed by atoms with Gasteiger partial charge in [-0.1, -0.05) is 13.8 Å². The van der Waals surface area contributed by atoms with Gasteiger partial charge in [0.2, 0.25) is 0 Å². The largest absolute Gasteiger partial charge is 0.390 e. The molecule has 5 unspecified atom stereocenters. The molecule has 0 aliphatic heterocycles. The molecular formula is C20H34O3. The zero-order valence-electron chi connectivity index (χ0n) is 15.0. The van der Waals surface area contributed by atoms with Crippen molar-refractivity contribution in [3.8, 4) is 0 Å². The molecule has 0 aromatic heterocycles. The standard InChI is InChI=1S/C20H34O3/c1-17-10-11-20(22,23)12-13(17)4-5-14-15(17)6-8-18(2)16(14)7-9-19(18,3)21/h13-16,21-23H,4-12H2,1-3H3/t13?,14?,15?,16?,17-,18-,19?/m0/s1. The van der Waals surface area contributed by atoms with Crippen LogP contribution in [-0.2, 0) is 0 Å². The van der Waals surface area contributed by atoms with Crippen LogP contribution in [-0.4, -0.2) is 26.7 Å². The van der Waals surface area contributed by atoms with Gasteiger partial charge in [-0.15, -0.1) is 0 Å². The van der Waals surface area contributed by atoms with Crippen LogP contribution in [0, 0.1) is 34.5 Å². The first-order chi connectivity index (χ1) is 10.6. The van der Waals surface area contributed by atoms with E-state index in [4.69, 9.17) is 0 Å². The molecular weight excluding hydrogens is 288 g/mol. The normalized spacial score (nSPS) is 58.2. The molecule has 0 aromatic rings. The molecule has 3 heteroatoms. The van der Waals surface area contributed by atoms with Gasteiger partial charge in [-0.05, 0) is 86.4 Å². The van der Waals surface area contributed by atoms with E-state index in [2.05, 4.69) is 20.8 Å². The molecule has 0 radical (unpaired) electrons. The molecule has 4 fully saturated rings. The van der Waals surface area contributed by atoms with E-state index in [0.29, 0.717) is 30.6 Å². The van der Waals surface area contributed by atoms with Crippen LogP contribution >= 0.6 is 0 Å². The molecule has 7 atom stereocenters. The molecule has 0 spiro atoms. The van der Waals surface area contributed by atoms with Crippen LogP contribution in [0.2, 0.25) is 0 Å². The molecule has 0 aromatic carbocycles. The number of hydrogen-bond donors (Lipinski definition) is 3. The predicted octanol–water partition coefficient (Wildman–Crippen LogP) is 3.46. The van der Waals surface area contributed by atoms with Gasteiger partial charge in [0, 0.05) is 12.8 Å². The first kappa shape index (κ1) is 16.4. The Morgan fingerprint density at radius 2 is 1.43 bits per heavy atom. The minimum absolute atomic E-state index is 0.0870. The maximum Gasteiger partial charge on any atom is 0.162 e. The van der Waals surface area contributed by atoms with Crippen molar-refractivity contribution in [2.24, 2.45) is 34.5 Å². The second-order valence-corrected chi connectivity index (χ2v) is 10.1. The summed E-state index contributed by atoms with van der Waals surface area (Å²) in [5.74, 6) is 1.12. The van der Waals surface area contributed by atoms with Crippen LogP contribution in [0.3, 0.4) is 0 Å². The lowest BCUT2D eigenvalue weighted by Crippen LogP contribution is -2.57. The molecule has 4 aliphatic carbocycles. The van der Waals surface area contributed by atoms with Gasteiger partial charge in [0.25, 0.3) is 0 Å². The maximum atomic E-state index is 10.9. The van der Waals surface area contributed by atoms with E-state index in [1.54, 1.807) is 0 Å². The molecule has 3 N–H and O–H groups in total. The van der Waals surface area contributed by atoms with Gasteiger partial charge in [-0.2, -0.15) is 0 Å². The minimum Gasteiger partial charge on any atom is -0.390 e. The van der Waals surface area contributed by atoms with Gasteiger partial charge in [0.05, 0.1) is 5.60 Å². The topological polar surface area (TPSA) is 60.7 Å². The minimum atomic E-state index is -1.43. The summed E-state index contributed by atoms with van der Waals surface area (Å²) in [7, 11) is 0. The summed E-state index contributed by atoms with van der Waals surface area (Å²) in [6.07, 6.45) is 8.87. The summed E-state index contributed by atoms with van der Waals surface area (Å²) >= 11 is 0. The van der Waals surface area contributed by atoms with E-state index in [-0.39, 0.29) is 10.8 Å². The van der Waals surface area contributed by atoms with Crippen LogP contribution in [0.4, 0.5) is 0 Å². The molecule has 4 saturated carbocycles. The highest BCUT2D eigenvalue weighted by molar-refractivity contribution is 5.13. The van der Waals surface area contributed by atoms with Gasteiger partial charge in [0.15, 0.2) is 5.79 Å². The lowest BCUT2D eigenvalue weighted by atomic mass is 9.44. The quantitative estimate of drug-likeness (QED) is 0.599. The second-order valence-electron chi connectivity index (χ2n) is 10.1. The Morgan fingerprint density at radius 1 is 0.739 bits per heavy atom. The Morgan fingerprint density at radius 3 is 2.17 bits per heavy atom. The molecule has 132 valence electrons. The van der Waals surface area contributed by atoms with Gasteiger partial charge >= 0.3 is 0 Å². The van der Waals surface area contributed by atoms with Crippen LogP contribution in [0.15, 0.2) is 0 Å². The third-order valence-electron chi connectivity index (χ3n) is 9.26. The van der Waals surface area contributed by atoms with Crippen molar-refractivity contribution in [2.45, 2.75) is 89.9 Å². The van der Waals surface area contributed by atoms with E-state index in [0.717, 1.165) is 31.6 Å². The zero-order chi connectivity index (χ0) is 16.7. The SMILES string of the molecule is CC1(O)CCC2C3CCC4CC(O)(O)CC[C@]4(C)C3CC[C@@]21C. The maximum absolute atomic E-state index is 10.9. The highest BCUT2D eigenvalue weighted by Gasteiger charge is 2.63. The van der Waals surface area contributed by atoms with Crippen LogP contribution in [0.1, 0.15) is 78.6 Å². The molecule has 0 heterocycles. The predicted molar refractivity (Wildman–Crippen MR) is 89.5 cm³/mol. The molecule has 23 heavy (non-hydrogen) atoms. The first-order valence-electron chi connectivity index (χ1n) is 9.76. The molecule has 0 saturated heterocycles. The Bertz CT molecular complexity index is 499. The fourth-order valence-electron chi connectivity index (χ4n) is 7.47. The van der Waals surface area contributed by atoms with E-state index in [1.807, 2.05) is 0 Å². The highest BCUT2D eigenvalue weighted by atomic mass is 16.5. The Balaban J connectivity index is 1.63. The smallest absolute Gasteiger partial charge is 0.162 e. The van der Waals surface area contributed by atoms with Gasteiger partial charge < -0.3 is 15.3 Å². The average Bonchev–Trinajstić information content (AvgIpc) is 2.70. The first-order valence-corrected chi connectivity index (χ1v) is 9.76. The fourth-order valence-corrected chi connectivity index (χ4v) is 7.47. The Kier molecular flexibility index (Phi) is 3.37. The number of fused-ring (bicyclic) bond motifs is 5. The lowest BCUT2D eigenvalue weighted by molar-refractivity contribution is -0.235. The van der Waals surface area contributed by atoms with Crippen molar-refractivity contribution in [1.29, 1.82) is 0 Å². The van der Waals surface area contributed by atoms with Crippen molar-refractivity contribution in [1.82, 2.24) is 0 Å². The monoisotopic (exact) mass is 322 g/mol. The Hall–Kier alpha value is -0.120. The molecule has 0 bridgehead atoms. The van der Waals surface area contributed by atoms with Crippen LogP contribution in [0.25, 0.3) is 0 Å². The summed E-state index contributed by atoms with van der Waals surface area (Å²) in [6, 6.07) is 0. The number of rotatable bonds is 0. The van der Waals surface area contributed by atoms with Crippen LogP contribution in [0.5, 0.6) is 0 Å². The zero-order valence-corrected chi connectivity index (χ0v) is 15.0. The highest BCUT2D eigenvalue weighted by Crippen LogP contribution is 2.68. The van der Waals surface area contributed by atoms with Gasteiger partial charge in [-0.3, -0.25) is 0 Å². The van der Waals surface area contributed by atoms with Crippen molar-refractivity contribution >= 4 is 0 Å². The summed E-state index contributed by atoms with van der Waals surface area (Å²) in [4.78, 5) is 0. The fraction of sp³-hybridized carbons (Fsp3) is 1.00. The molecule has 4 aliphatic rings.